The van der Waals surface area contributed by atoms with Crippen molar-refractivity contribution in [3.63, 3.8) is 0 Å². The minimum Gasteiger partial charge on any atom is -0.313 e. The van der Waals surface area contributed by atoms with E-state index in [9.17, 15) is 10.1 Å². The molecule has 0 bridgehead atoms. The first-order valence-corrected chi connectivity index (χ1v) is 8.50. The number of nitrogens with one attached hydrogen (secondary N) is 1. The van der Waals surface area contributed by atoms with Gasteiger partial charge in [-0.2, -0.15) is 5.26 Å². The molecule has 0 aliphatic carbocycles. The van der Waals surface area contributed by atoms with E-state index in [1.165, 1.54) is 17.4 Å². The maximum atomic E-state index is 12.1. The Kier molecular flexibility index (Phi) is 5.84. The molecule has 0 fully saturated rings. The average molecular weight is 365 g/mol. The smallest absolute Gasteiger partial charge is 0.249 e. The number of rotatable bonds is 4. The van der Waals surface area contributed by atoms with Gasteiger partial charge in [-0.1, -0.05) is 36.2 Å². The molecule has 118 valence electrons. The third kappa shape index (κ3) is 4.14. The van der Waals surface area contributed by atoms with E-state index < -0.39 is 0 Å². The molecule has 1 aromatic carbocycles. The molecule has 0 unspecified atom stereocenters. The number of nitrogens with zero attached hydrogens (tertiary/aromatic N) is 1. The van der Waals surface area contributed by atoms with Crippen LogP contribution in [0, 0.1) is 18.3 Å². The van der Waals surface area contributed by atoms with E-state index in [4.69, 9.17) is 23.2 Å². The molecule has 3 nitrogen and oxygen atoms in total. The van der Waals surface area contributed by atoms with E-state index in [-0.39, 0.29) is 5.91 Å². The van der Waals surface area contributed by atoms with Crippen molar-refractivity contribution in [3.8, 4) is 6.07 Å². The molecule has 1 amide bonds. The van der Waals surface area contributed by atoms with Crippen LogP contribution in [0.15, 0.2) is 24.3 Å². The van der Waals surface area contributed by atoms with Gasteiger partial charge in [0.2, 0.25) is 5.91 Å². The van der Waals surface area contributed by atoms with Gasteiger partial charge in [-0.3, -0.25) is 4.79 Å². The molecule has 2 aromatic rings. The summed E-state index contributed by atoms with van der Waals surface area (Å²) in [6, 6.07) is 7.29. The zero-order valence-corrected chi connectivity index (χ0v) is 14.9. The molecule has 23 heavy (non-hydrogen) atoms. The van der Waals surface area contributed by atoms with Crippen LogP contribution in [0.2, 0.25) is 10.0 Å². The molecular weight excluding hydrogens is 351 g/mol. The third-order valence-electron chi connectivity index (χ3n) is 3.28. The fourth-order valence-electron chi connectivity index (χ4n) is 2.15. The Bertz CT molecular complexity index is 819. The van der Waals surface area contributed by atoms with Crippen LogP contribution in [-0.4, -0.2) is 5.91 Å². The summed E-state index contributed by atoms with van der Waals surface area (Å²) >= 11 is 13.2. The lowest BCUT2D eigenvalue weighted by Gasteiger charge is -2.00. The quantitative estimate of drug-likeness (QED) is 0.733. The highest BCUT2D eigenvalue weighted by atomic mass is 35.5. The predicted octanol–water partition coefficient (Wildman–Crippen LogP) is 5.45. The van der Waals surface area contributed by atoms with Crippen molar-refractivity contribution in [3.05, 3.63) is 55.9 Å². The molecule has 0 aliphatic heterocycles. The van der Waals surface area contributed by atoms with Gasteiger partial charge >= 0.3 is 0 Å². The van der Waals surface area contributed by atoms with Crippen LogP contribution < -0.4 is 5.32 Å². The molecular formula is C17H14Cl2N2OS. The monoisotopic (exact) mass is 364 g/mol. The number of carbonyl (C=O) groups is 1. The van der Waals surface area contributed by atoms with Gasteiger partial charge in [0.1, 0.15) is 11.1 Å². The molecule has 2 rings (SSSR count). The minimum atomic E-state index is -0.295. The van der Waals surface area contributed by atoms with Crippen LogP contribution in [0.4, 0.5) is 5.00 Å². The molecule has 0 aliphatic rings. The lowest BCUT2D eigenvalue weighted by atomic mass is 10.1. The number of anilines is 1. The summed E-state index contributed by atoms with van der Waals surface area (Å²) in [5.41, 5.74) is 2.30. The molecule has 0 atom stereocenters. The first-order chi connectivity index (χ1) is 11.0. The predicted molar refractivity (Wildman–Crippen MR) is 97.3 cm³/mol. The first kappa shape index (κ1) is 17.6. The Labute approximate surface area is 149 Å². The van der Waals surface area contributed by atoms with Crippen molar-refractivity contribution < 1.29 is 4.79 Å². The summed E-state index contributed by atoms with van der Waals surface area (Å²) in [6.45, 7) is 3.94. The van der Waals surface area contributed by atoms with Gasteiger partial charge in [-0.05, 0) is 42.7 Å². The second kappa shape index (κ2) is 7.65. The summed E-state index contributed by atoms with van der Waals surface area (Å²) < 4.78 is 0. The van der Waals surface area contributed by atoms with Crippen LogP contribution in [0.1, 0.15) is 28.5 Å². The standard InChI is InChI=1S/C17H14Cl2N2OS/c1-3-12-10(2)23-17(13(12)9-20)21-16(22)7-5-11-4-6-14(18)15(19)8-11/h4-8H,3H2,1-2H3,(H,21,22)/b7-5+. The number of hydrogen-bond acceptors (Lipinski definition) is 3. The van der Waals surface area contributed by atoms with E-state index in [0.717, 1.165) is 22.4 Å². The van der Waals surface area contributed by atoms with Crippen LogP contribution >= 0.6 is 34.5 Å². The van der Waals surface area contributed by atoms with Crippen LogP contribution in [0.3, 0.4) is 0 Å². The Morgan fingerprint density at radius 1 is 1.39 bits per heavy atom. The average Bonchev–Trinajstić information content (AvgIpc) is 2.82. The summed E-state index contributed by atoms with van der Waals surface area (Å²) in [7, 11) is 0. The highest BCUT2D eigenvalue weighted by Crippen LogP contribution is 2.32. The van der Waals surface area contributed by atoms with Gasteiger partial charge in [0, 0.05) is 11.0 Å². The van der Waals surface area contributed by atoms with Crippen LogP contribution in [-0.2, 0) is 11.2 Å². The van der Waals surface area contributed by atoms with Crippen molar-refractivity contribution in [1.82, 2.24) is 0 Å². The number of carbonyl (C=O) groups excluding carboxylic acids is 1. The summed E-state index contributed by atoms with van der Waals surface area (Å²) in [5, 5.41) is 13.5. The van der Waals surface area contributed by atoms with E-state index in [1.807, 2.05) is 13.8 Å². The second-order valence-corrected chi connectivity index (χ2v) is 6.84. The number of amides is 1. The lowest BCUT2D eigenvalue weighted by molar-refractivity contribution is -0.111. The van der Waals surface area contributed by atoms with Gasteiger partial charge in [0.15, 0.2) is 0 Å². The number of thiophene rings is 1. The number of benzene rings is 1. The third-order valence-corrected chi connectivity index (χ3v) is 5.08. The van der Waals surface area contributed by atoms with Gasteiger partial charge < -0.3 is 5.32 Å². The maximum absolute atomic E-state index is 12.1. The van der Waals surface area contributed by atoms with E-state index in [2.05, 4.69) is 11.4 Å². The maximum Gasteiger partial charge on any atom is 0.249 e. The summed E-state index contributed by atoms with van der Waals surface area (Å²) in [6.07, 6.45) is 3.81. The van der Waals surface area contributed by atoms with E-state index in [1.54, 1.807) is 24.3 Å². The highest BCUT2D eigenvalue weighted by Gasteiger charge is 2.15. The molecule has 0 radical (unpaired) electrons. The molecule has 1 heterocycles. The summed E-state index contributed by atoms with van der Waals surface area (Å²) in [5.74, 6) is -0.295. The normalized spacial score (nSPS) is 10.7. The fourth-order valence-corrected chi connectivity index (χ4v) is 3.56. The first-order valence-electron chi connectivity index (χ1n) is 6.92. The highest BCUT2D eigenvalue weighted by molar-refractivity contribution is 7.16. The van der Waals surface area contributed by atoms with Crippen molar-refractivity contribution in [1.29, 1.82) is 5.26 Å². The van der Waals surface area contributed by atoms with Crippen molar-refractivity contribution in [2.45, 2.75) is 20.3 Å². The van der Waals surface area contributed by atoms with Crippen molar-refractivity contribution >= 4 is 51.5 Å². The van der Waals surface area contributed by atoms with Crippen molar-refractivity contribution in [2.24, 2.45) is 0 Å². The second-order valence-electron chi connectivity index (χ2n) is 4.80. The molecule has 1 aromatic heterocycles. The fraction of sp³-hybridized carbons (Fsp3) is 0.176. The van der Waals surface area contributed by atoms with Crippen LogP contribution in [0.5, 0.6) is 0 Å². The van der Waals surface area contributed by atoms with Crippen molar-refractivity contribution in [2.75, 3.05) is 5.32 Å². The number of aryl methyl sites for hydroxylation is 1. The Morgan fingerprint density at radius 3 is 2.74 bits per heavy atom. The van der Waals surface area contributed by atoms with Crippen LogP contribution in [0.25, 0.3) is 6.08 Å². The molecule has 0 saturated heterocycles. The largest absolute Gasteiger partial charge is 0.313 e. The molecule has 6 heteroatoms. The molecule has 0 saturated carbocycles. The van der Waals surface area contributed by atoms with Gasteiger partial charge in [0.25, 0.3) is 0 Å². The number of hydrogen-bond donors (Lipinski definition) is 1. The molecule has 1 N–H and O–H groups in total. The van der Waals surface area contributed by atoms with Gasteiger partial charge in [-0.25, -0.2) is 0 Å². The van der Waals surface area contributed by atoms with Gasteiger partial charge in [0.05, 0.1) is 15.6 Å². The zero-order valence-electron chi connectivity index (χ0n) is 12.6. The Hall–Kier alpha value is -1.80. The summed E-state index contributed by atoms with van der Waals surface area (Å²) in [4.78, 5) is 13.1. The topological polar surface area (TPSA) is 52.9 Å². The Morgan fingerprint density at radius 2 is 2.13 bits per heavy atom. The minimum absolute atomic E-state index is 0.295. The van der Waals surface area contributed by atoms with E-state index >= 15 is 0 Å². The van der Waals surface area contributed by atoms with E-state index in [0.29, 0.717) is 20.6 Å². The molecule has 0 spiro atoms. The van der Waals surface area contributed by atoms with Gasteiger partial charge in [-0.15, -0.1) is 11.3 Å². The SMILES string of the molecule is CCc1c(C)sc(NC(=O)/C=C/c2ccc(Cl)c(Cl)c2)c1C#N. The Balaban J connectivity index is 2.15. The number of nitriles is 1. The lowest BCUT2D eigenvalue weighted by Crippen LogP contribution is -2.07. The number of halogens is 2. The zero-order chi connectivity index (χ0) is 17.0.